The van der Waals surface area contributed by atoms with Crippen molar-refractivity contribution < 1.29 is 13.2 Å². The molecule has 1 aliphatic rings. The maximum absolute atomic E-state index is 12.6. The first-order valence-corrected chi connectivity index (χ1v) is 5.57. The third kappa shape index (κ3) is 1.89. The SMILES string of the molecule is CC1(Nc2nccn3nc(C(F)(F)F)cc23)CC1. The second kappa shape index (κ2) is 3.37. The second-order valence-corrected chi connectivity index (χ2v) is 4.82. The van der Waals surface area contributed by atoms with Crippen LogP contribution in [-0.4, -0.2) is 20.1 Å². The topological polar surface area (TPSA) is 42.2 Å². The number of nitrogens with zero attached hydrogens (tertiary/aromatic N) is 3. The van der Waals surface area contributed by atoms with Gasteiger partial charge in [-0.05, 0) is 19.8 Å². The molecule has 1 saturated carbocycles. The molecule has 1 aliphatic carbocycles. The van der Waals surface area contributed by atoms with E-state index in [0.29, 0.717) is 11.3 Å². The molecule has 0 aliphatic heterocycles. The van der Waals surface area contributed by atoms with E-state index in [0.717, 1.165) is 18.9 Å². The van der Waals surface area contributed by atoms with Gasteiger partial charge in [-0.3, -0.25) is 0 Å². The van der Waals surface area contributed by atoms with Crippen LogP contribution in [-0.2, 0) is 6.18 Å². The van der Waals surface area contributed by atoms with Crippen LogP contribution < -0.4 is 5.32 Å². The number of nitrogens with one attached hydrogen (secondary N) is 1. The first-order chi connectivity index (χ1) is 8.37. The molecule has 0 spiro atoms. The van der Waals surface area contributed by atoms with Crippen LogP contribution in [0.5, 0.6) is 0 Å². The van der Waals surface area contributed by atoms with Crippen LogP contribution in [0.3, 0.4) is 0 Å². The number of halogens is 3. The van der Waals surface area contributed by atoms with E-state index in [9.17, 15) is 13.2 Å². The molecule has 1 N–H and O–H groups in total. The zero-order valence-electron chi connectivity index (χ0n) is 9.62. The molecule has 96 valence electrons. The third-order valence-corrected chi connectivity index (χ3v) is 3.10. The van der Waals surface area contributed by atoms with E-state index in [1.165, 1.54) is 16.9 Å². The Morgan fingerprint density at radius 3 is 2.72 bits per heavy atom. The Kier molecular flexibility index (Phi) is 2.11. The zero-order valence-corrected chi connectivity index (χ0v) is 9.62. The summed E-state index contributed by atoms with van der Waals surface area (Å²) in [6.07, 6.45) is 0.401. The summed E-state index contributed by atoms with van der Waals surface area (Å²) in [5, 5.41) is 6.67. The van der Waals surface area contributed by atoms with Gasteiger partial charge < -0.3 is 5.32 Å². The van der Waals surface area contributed by atoms with Crippen LogP contribution in [0.4, 0.5) is 19.0 Å². The fraction of sp³-hybridized carbons (Fsp3) is 0.455. The molecular weight excluding hydrogens is 245 g/mol. The largest absolute Gasteiger partial charge is 0.435 e. The van der Waals surface area contributed by atoms with Crippen molar-refractivity contribution in [3.63, 3.8) is 0 Å². The lowest BCUT2D eigenvalue weighted by Crippen LogP contribution is -2.17. The van der Waals surface area contributed by atoms with Gasteiger partial charge in [0.1, 0.15) is 5.52 Å². The zero-order chi connectivity index (χ0) is 13.0. The minimum absolute atomic E-state index is 0.0441. The Morgan fingerprint density at radius 1 is 1.39 bits per heavy atom. The number of anilines is 1. The van der Waals surface area contributed by atoms with Crippen molar-refractivity contribution in [1.29, 1.82) is 0 Å². The molecule has 0 unspecified atom stereocenters. The molecular formula is C11H11F3N4. The molecule has 2 aromatic rings. The standard InChI is InChI=1S/C11H11F3N4/c1-10(2-3-10)16-9-7-6-8(11(12,13)14)17-18(7)5-4-15-9/h4-6H,2-3H2,1H3,(H,15,16). The molecule has 0 saturated heterocycles. The predicted molar refractivity (Wildman–Crippen MR) is 59.3 cm³/mol. The molecule has 0 aromatic carbocycles. The van der Waals surface area contributed by atoms with Gasteiger partial charge in [0.05, 0.1) is 0 Å². The molecule has 0 amide bonds. The van der Waals surface area contributed by atoms with Crippen molar-refractivity contribution in [2.45, 2.75) is 31.5 Å². The first-order valence-electron chi connectivity index (χ1n) is 5.57. The van der Waals surface area contributed by atoms with Crippen molar-refractivity contribution in [1.82, 2.24) is 14.6 Å². The Hall–Kier alpha value is -1.79. The van der Waals surface area contributed by atoms with E-state index in [4.69, 9.17) is 0 Å². The van der Waals surface area contributed by atoms with E-state index in [2.05, 4.69) is 15.4 Å². The quantitative estimate of drug-likeness (QED) is 0.898. The Labute approximate surface area is 101 Å². The lowest BCUT2D eigenvalue weighted by molar-refractivity contribution is -0.141. The summed E-state index contributed by atoms with van der Waals surface area (Å²) in [6, 6.07) is 1.01. The van der Waals surface area contributed by atoms with Gasteiger partial charge in [-0.15, -0.1) is 0 Å². The number of hydrogen-bond donors (Lipinski definition) is 1. The number of hydrogen-bond acceptors (Lipinski definition) is 3. The molecule has 0 atom stereocenters. The number of alkyl halides is 3. The van der Waals surface area contributed by atoms with Crippen LogP contribution >= 0.6 is 0 Å². The average molecular weight is 256 g/mol. The minimum Gasteiger partial charge on any atom is -0.363 e. The number of aromatic nitrogens is 3. The minimum atomic E-state index is -4.44. The molecule has 2 heterocycles. The molecule has 2 aromatic heterocycles. The summed E-state index contributed by atoms with van der Waals surface area (Å²) in [7, 11) is 0. The van der Waals surface area contributed by atoms with Gasteiger partial charge in [0.15, 0.2) is 11.5 Å². The van der Waals surface area contributed by atoms with Crippen molar-refractivity contribution in [2.75, 3.05) is 5.32 Å². The molecule has 1 fully saturated rings. The van der Waals surface area contributed by atoms with Crippen LogP contribution in [0.25, 0.3) is 5.52 Å². The molecule has 4 nitrogen and oxygen atoms in total. The fourth-order valence-corrected chi connectivity index (χ4v) is 1.76. The summed E-state index contributed by atoms with van der Waals surface area (Å²) in [6.45, 7) is 2.01. The van der Waals surface area contributed by atoms with E-state index in [1.54, 1.807) is 0 Å². The van der Waals surface area contributed by atoms with Gasteiger partial charge in [-0.1, -0.05) is 0 Å². The van der Waals surface area contributed by atoms with Gasteiger partial charge in [-0.2, -0.15) is 18.3 Å². The van der Waals surface area contributed by atoms with Crippen LogP contribution in [0.2, 0.25) is 0 Å². The molecule has 3 rings (SSSR count). The maximum Gasteiger partial charge on any atom is 0.435 e. The van der Waals surface area contributed by atoms with Crippen molar-refractivity contribution in [2.24, 2.45) is 0 Å². The van der Waals surface area contributed by atoms with Crippen molar-refractivity contribution >= 4 is 11.3 Å². The van der Waals surface area contributed by atoms with E-state index >= 15 is 0 Å². The highest BCUT2D eigenvalue weighted by Gasteiger charge is 2.39. The third-order valence-electron chi connectivity index (χ3n) is 3.10. The summed E-state index contributed by atoms with van der Waals surface area (Å²) >= 11 is 0. The summed E-state index contributed by atoms with van der Waals surface area (Å²) < 4.78 is 39.0. The van der Waals surface area contributed by atoms with Gasteiger partial charge in [0, 0.05) is 24.0 Å². The van der Waals surface area contributed by atoms with Crippen molar-refractivity contribution in [3.05, 3.63) is 24.2 Å². The molecule has 7 heteroatoms. The lowest BCUT2D eigenvalue weighted by atomic mass is 10.3. The molecule has 0 radical (unpaired) electrons. The van der Waals surface area contributed by atoms with Gasteiger partial charge >= 0.3 is 6.18 Å². The van der Waals surface area contributed by atoms with Crippen LogP contribution in [0.1, 0.15) is 25.5 Å². The van der Waals surface area contributed by atoms with Crippen molar-refractivity contribution in [3.8, 4) is 0 Å². The second-order valence-electron chi connectivity index (χ2n) is 4.82. The van der Waals surface area contributed by atoms with E-state index < -0.39 is 11.9 Å². The Bertz CT molecular complexity index is 598. The van der Waals surface area contributed by atoms with E-state index in [-0.39, 0.29) is 5.54 Å². The number of fused-ring (bicyclic) bond motifs is 1. The smallest absolute Gasteiger partial charge is 0.363 e. The van der Waals surface area contributed by atoms with E-state index in [1.807, 2.05) is 6.92 Å². The van der Waals surface area contributed by atoms with Gasteiger partial charge in [0.2, 0.25) is 0 Å². The summed E-state index contributed by atoms with van der Waals surface area (Å²) in [5.74, 6) is 0.445. The number of rotatable bonds is 2. The average Bonchev–Trinajstić information content (AvgIpc) is 2.82. The highest BCUT2D eigenvalue weighted by atomic mass is 19.4. The highest BCUT2D eigenvalue weighted by Crippen LogP contribution is 2.39. The Morgan fingerprint density at radius 2 is 2.11 bits per heavy atom. The van der Waals surface area contributed by atoms with Crippen LogP contribution in [0.15, 0.2) is 18.5 Å². The van der Waals surface area contributed by atoms with Gasteiger partial charge in [-0.25, -0.2) is 9.50 Å². The first kappa shape index (κ1) is 11.3. The molecule has 0 bridgehead atoms. The predicted octanol–water partition coefficient (Wildman–Crippen LogP) is 2.71. The highest BCUT2D eigenvalue weighted by molar-refractivity contribution is 5.69. The Balaban J connectivity index is 2.07. The molecule has 18 heavy (non-hydrogen) atoms. The summed E-state index contributed by atoms with van der Waals surface area (Å²) in [4.78, 5) is 4.09. The monoisotopic (exact) mass is 256 g/mol. The fourth-order valence-electron chi connectivity index (χ4n) is 1.76. The maximum atomic E-state index is 12.6. The normalized spacial score (nSPS) is 18.0. The lowest BCUT2D eigenvalue weighted by Gasteiger charge is -2.12. The van der Waals surface area contributed by atoms with Gasteiger partial charge in [0.25, 0.3) is 0 Å². The van der Waals surface area contributed by atoms with Crippen LogP contribution in [0, 0.1) is 0 Å². The summed E-state index contributed by atoms with van der Waals surface area (Å²) in [5.41, 5.74) is -0.602.